The Hall–Kier alpha value is -0.420. The van der Waals surface area contributed by atoms with Crippen LogP contribution in [0.3, 0.4) is 0 Å². The third-order valence-electron chi connectivity index (χ3n) is 2.02. The third kappa shape index (κ3) is 5.52. The molecule has 0 aliphatic heterocycles. The number of hydrogen-bond acceptors (Lipinski definition) is 7. The Morgan fingerprint density at radius 1 is 1.35 bits per heavy atom. The van der Waals surface area contributed by atoms with E-state index in [9.17, 15) is 16.8 Å². The minimum absolute atomic E-state index is 0.0359. The van der Waals surface area contributed by atoms with Crippen LogP contribution in [0, 0.1) is 6.92 Å². The minimum Gasteiger partial charge on any atom is -0.378 e. The maximum Gasteiger partial charge on any atom is 0.272 e. The molecule has 0 amide bonds. The van der Waals surface area contributed by atoms with E-state index in [1.807, 2.05) is 0 Å². The molecule has 0 aromatic carbocycles. The van der Waals surface area contributed by atoms with Gasteiger partial charge in [-0.05, 0) is 20.8 Å². The van der Waals surface area contributed by atoms with Crippen LogP contribution in [0.4, 0.5) is 5.13 Å². The Morgan fingerprint density at radius 2 is 1.95 bits per heavy atom. The fraction of sp³-hybridized carbons (Fsp3) is 0.667. The zero-order valence-corrected chi connectivity index (χ0v) is 14.3. The molecular formula is C9H15ClN2O5S3. The summed E-state index contributed by atoms with van der Waals surface area (Å²) in [6, 6.07) is 0. The lowest BCUT2D eigenvalue weighted by atomic mass is 10.5. The van der Waals surface area contributed by atoms with Crippen molar-refractivity contribution in [1.82, 2.24) is 4.98 Å². The molecule has 0 unspecified atom stereocenters. The van der Waals surface area contributed by atoms with Crippen molar-refractivity contribution in [2.24, 2.45) is 0 Å². The molecule has 0 atom stereocenters. The highest BCUT2D eigenvalue weighted by atomic mass is 35.7. The van der Waals surface area contributed by atoms with Crippen LogP contribution in [0.1, 0.15) is 19.5 Å². The molecule has 0 saturated carbocycles. The van der Waals surface area contributed by atoms with E-state index in [1.54, 1.807) is 13.8 Å². The van der Waals surface area contributed by atoms with Crippen LogP contribution in [0.5, 0.6) is 0 Å². The van der Waals surface area contributed by atoms with Crippen molar-refractivity contribution in [1.29, 1.82) is 0 Å². The van der Waals surface area contributed by atoms with E-state index >= 15 is 0 Å². The normalized spacial score (nSPS) is 12.8. The van der Waals surface area contributed by atoms with Crippen molar-refractivity contribution in [2.75, 3.05) is 17.1 Å². The van der Waals surface area contributed by atoms with Gasteiger partial charge in [0.2, 0.25) is 10.0 Å². The first-order valence-electron chi connectivity index (χ1n) is 5.55. The van der Waals surface area contributed by atoms with Crippen LogP contribution in [-0.4, -0.2) is 40.3 Å². The van der Waals surface area contributed by atoms with Crippen molar-refractivity contribution < 1.29 is 21.6 Å². The van der Waals surface area contributed by atoms with Gasteiger partial charge in [0.25, 0.3) is 9.05 Å². The number of rotatable bonds is 7. The number of thiazole rings is 1. The van der Waals surface area contributed by atoms with Gasteiger partial charge < -0.3 is 4.74 Å². The Balaban J connectivity index is 2.79. The fourth-order valence-electron chi connectivity index (χ4n) is 1.23. The largest absolute Gasteiger partial charge is 0.378 e. The van der Waals surface area contributed by atoms with Crippen LogP contribution in [-0.2, 0) is 23.8 Å². The van der Waals surface area contributed by atoms with Crippen LogP contribution in [0.2, 0.25) is 0 Å². The number of halogens is 1. The van der Waals surface area contributed by atoms with Crippen molar-refractivity contribution in [2.45, 2.75) is 31.1 Å². The highest BCUT2D eigenvalue weighted by Gasteiger charge is 2.21. The van der Waals surface area contributed by atoms with Crippen LogP contribution in [0.25, 0.3) is 0 Å². The maximum atomic E-state index is 11.7. The molecule has 20 heavy (non-hydrogen) atoms. The lowest BCUT2D eigenvalue weighted by molar-refractivity contribution is 0.0913. The summed E-state index contributed by atoms with van der Waals surface area (Å²) in [5.41, 5.74) is 0.154. The summed E-state index contributed by atoms with van der Waals surface area (Å²) in [6.07, 6.45) is -0.0692. The molecule has 0 spiro atoms. The van der Waals surface area contributed by atoms with Gasteiger partial charge in [-0.15, -0.1) is 0 Å². The molecule has 0 fully saturated rings. The molecular weight excluding hydrogens is 348 g/mol. The summed E-state index contributed by atoms with van der Waals surface area (Å²) >= 11 is 0.671. The Labute approximate surface area is 126 Å². The Morgan fingerprint density at radius 3 is 2.40 bits per heavy atom. The molecule has 1 aromatic rings. The summed E-state index contributed by atoms with van der Waals surface area (Å²) in [4.78, 5) is 3.83. The number of hydrogen-bond donors (Lipinski definition) is 1. The number of sulfonamides is 1. The third-order valence-corrected chi connectivity index (χ3v) is 6.61. The quantitative estimate of drug-likeness (QED) is 0.738. The fourth-order valence-corrected chi connectivity index (χ4v) is 4.71. The van der Waals surface area contributed by atoms with Gasteiger partial charge >= 0.3 is 0 Å². The lowest BCUT2D eigenvalue weighted by Gasteiger charge is -2.08. The van der Waals surface area contributed by atoms with E-state index in [4.69, 9.17) is 15.4 Å². The summed E-state index contributed by atoms with van der Waals surface area (Å²) < 4.78 is 53.1. The van der Waals surface area contributed by atoms with E-state index in [0.29, 0.717) is 11.3 Å². The first-order chi connectivity index (χ1) is 9.01. The number of ether oxygens (including phenoxy) is 1. The number of anilines is 1. The monoisotopic (exact) mass is 362 g/mol. The van der Waals surface area contributed by atoms with Crippen LogP contribution >= 0.6 is 22.0 Å². The second-order valence-electron chi connectivity index (χ2n) is 4.17. The molecule has 116 valence electrons. The molecule has 0 saturated heterocycles. The summed E-state index contributed by atoms with van der Waals surface area (Å²) in [6.45, 7) is 5.06. The van der Waals surface area contributed by atoms with Gasteiger partial charge in [-0.3, -0.25) is 4.72 Å². The number of aryl methyl sites for hydroxylation is 1. The second-order valence-corrected chi connectivity index (χ2v) is 9.77. The highest BCUT2D eigenvalue weighted by Crippen LogP contribution is 2.30. The van der Waals surface area contributed by atoms with Gasteiger partial charge in [-0.2, -0.15) is 0 Å². The zero-order chi connectivity index (χ0) is 15.6. The van der Waals surface area contributed by atoms with E-state index < -0.39 is 19.1 Å². The first kappa shape index (κ1) is 17.6. The topological polar surface area (TPSA) is 102 Å². The highest BCUT2D eigenvalue weighted by molar-refractivity contribution is 8.15. The number of nitrogens with zero attached hydrogens (tertiary/aromatic N) is 1. The van der Waals surface area contributed by atoms with Gasteiger partial charge in [0.15, 0.2) is 9.34 Å². The molecule has 0 radical (unpaired) electrons. The summed E-state index contributed by atoms with van der Waals surface area (Å²) in [5.74, 6) is -0.243. The van der Waals surface area contributed by atoms with E-state index in [2.05, 4.69) is 9.71 Å². The predicted molar refractivity (Wildman–Crippen MR) is 78.4 cm³/mol. The maximum absolute atomic E-state index is 11.7. The molecule has 1 aromatic heterocycles. The molecule has 11 heteroatoms. The zero-order valence-electron chi connectivity index (χ0n) is 11.1. The smallest absolute Gasteiger partial charge is 0.272 e. The molecule has 7 nitrogen and oxygen atoms in total. The molecule has 1 heterocycles. The van der Waals surface area contributed by atoms with Gasteiger partial charge in [-0.25, -0.2) is 21.8 Å². The Bertz CT molecular complexity index is 666. The molecule has 0 bridgehead atoms. The molecule has 1 N–H and O–H groups in total. The van der Waals surface area contributed by atoms with Gasteiger partial charge in [-0.1, -0.05) is 11.3 Å². The van der Waals surface area contributed by atoms with Crippen molar-refractivity contribution in [3.63, 3.8) is 0 Å². The van der Waals surface area contributed by atoms with E-state index in [0.717, 1.165) is 0 Å². The van der Waals surface area contributed by atoms with Gasteiger partial charge in [0, 0.05) is 10.7 Å². The molecule has 0 aliphatic rings. The Kier molecular flexibility index (Phi) is 5.79. The summed E-state index contributed by atoms with van der Waals surface area (Å²) in [7, 11) is -2.36. The van der Waals surface area contributed by atoms with Gasteiger partial charge in [0.05, 0.1) is 24.2 Å². The van der Waals surface area contributed by atoms with E-state index in [-0.39, 0.29) is 33.5 Å². The standard InChI is InChI=1S/C9H15ClN2O5S3/c1-6(2)17-4-5-19(13,14)12-9-11-7(3)8(18-9)20(10,15)16/h6H,4-5H2,1-3H3,(H,11,12). The summed E-state index contributed by atoms with van der Waals surface area (Å²) in [5, 5.41) is -0.0359. The molecule has 0 aliphatic carbocycles. The minimum atomic E-state index is -3.93. The van der Waals surface area contributed by atoms with E-state index in [1.165, 1.54) is 6.92 Å². The molecule has 1 rings (SSSR count). The van der Waals surface area contributed by atoms with Crippen LogP contribution < -0.4 is 4.72 Å². The van der Waals surface area contributed by atoms with Crippen molar-refractivity contribution in [3.05, 3.63) is 5.69 Å². The number of nitrogens with one attached hydrogen (secondary N) is 1. The average Bonchev–Trinajstić information content (AvgIpc) is 2.56. The predicted octanol–water partition coefficient (Wildman–Crippen LogP) is 1.55. The van der Waals surface area contributed by atoms with Gasteiger partial charge in [0.1, 0.15) is 0 Å². The second kappa shape index (κ2) is 6.56. The van der Waals surface area contributed by atoms with Crippen LogP contribution in [0.15, 0.2) is 4.21 Å². The SMILES string of the molecule is Cc1nc(NS(=O)(=O)CCOC(C)C)sc1S(=O)(=O)Cl. The first-order valence-corrected chi connectivity index (χ1v) is 10.3. The number of aromatic nitrogens is 1. The van der Waals surface area contributed by atoms with Crippen molar-refractivity contribution >= 4 is 46.2 Å². The average molecular weight is 363 g/mol. The lowest BCUT2D eigenvalue weighted by Crippen LogP contribution is -2.21. The van der Waals surface area contributed by atoms with Crippen molar-refractivity contribution in [3.8, 4) is 0 Å².